The van der Waals surface area contributed by atoms with Gasteiger partial charge in [0.2, 0.25) is 5.82 Å². The van der Waals surface area contributed by atoms with Crippen molar-refractivity contribution in [2.24, 2.45) is 5.73 Å². The van der Waals surface area contributed by atoms with E-state index in [0.29, 0.717) is 18.6 Å². The van der Waals surface area contributed by atoms with Gasteiger partial charge >= 0.3 is 0 Å². The van der Waals surface area contributed by atoms with Gasteiger partial charge in [0.1, 0.15) is 0 Å². The lowest BCUT2D eigenvalue weighted by Crippen LogP contribution is -2.21. The van der Waals surface area contributed by atoms with Crippen LogP contribution in [0.4, 0.5) is 8.78 Å². The highest BCUT2D eigenvalue weighted by Gasteiger charge is 2.13. The van der Waals surface area contributed by atoms with Gasteiger partial charge in [0.15, 0.2) is 11.6 Å². The molecule has 0 aliphatic heterocycles. The Balaban J connectivity index is 2.94. The number of benzene rings is 1. The summed E-state index contributed by atoms with van der Waals surface area (Å²) in [5.41, 5.74) is 6.42. The fourth-order valence-electron chi connectivity index (χ4n) is 1.44. The maximum absolute atomic E-state index is 13.3. The van der Waals surface area contributed by atoms with Crippen LogP contribution in [0.3, 0.4) is 0 Å². The van der Waals surface area contributed by atoms with Crippen LogP contribution in [0.5, 0.6) is 5.75 Å². The number of halogens is 2. The van der Waals surface area contributed by atoms with Crippen LogP contribution in [0, 0.1) is 11.6 Å². The van der Waals surface area contributed by atoms with E-state index in [1.54, 1.807) is 6.92 Å². The van der Waals surface area contributed by atoms with Crippen LogP contribution in [-0.4, -0.2) is 12.6 Å². The topological polar surface area (TPSA) is 35.2 Å². The van der Waals surface area contributed by atoms with Gasteiger partial charge < -0.3 is 10.5 Å². The quantitative estimate of drug-likeness (QED) is 0.842. The molecule has 1 aromatic carbocycles. The van der Waals surface area contributed by atoms with Crippen molar-refractivity contribution in [2.45, 2.75) is 32.7 Å². The molecular formula is C12H17F2NO. The van der Waals surface area contributed by atoms with Gasteiger partial charge in [-0.15, -0.1) is 0 Å². The van der Waals surface area contributed by atoms with Crippen LogP contribution >= 0.6 is 0 Å². The van der Waals surface area contributed by atoms with Crippen LogP contribution in [0.2, 0.25) is 0 Å². The summed E-state index contributed by atoms with van der Waals surface area (Å²) >= 11 is 0. The maximum Gasteiger partial charge on any atom is 0.200 e. The summed E-state index contributed by atoms with van der Waals surface area (Å²) in [5, 5.41) is 0. The Hall–Kier alpha value is -1.16. The largest absolute Gasteiger partial charge is 0.491 e. The van der Waals surface area contributed by atoms with Crippen molar-refractivity contribution in [1.29, 1.82) is 0 Å². The third-order valence-electron chi connectivity index (χ3n) is 2.38. The predicted octanol–water partition coefficient (Wildman–Crippen LogP) is 2.64. The van der Waals surface area contributed by atoms with Gasteiger partial charge in [-0.3, -0.25) is 0 Å². The number of nitrogens with two attached hydrogens (primary N) is 1. The fourth-order valence-corrected chi connectivity index (χ4v) is 1.44. The van der Waals surface area contributed by atoms with Crippen LogP contribution in [0.25, 0.3) is 0 Å². The molecule has 4 heteroatoms. The van der Waals surface area contributed by atoms with Crippen molar-refractivity contribution >= 4 is 0 Å². The molecule has 1 atom stereocenters. The molecule has 0 saturated carbocycles. The van der Waals surface area contributed by atoms with Crippen molar-refractivity contribution in [2.75, 3.05) is 6.61 Å². The van der Waals surface area contributed by atoms with E-state index in [2.05, 4.69) is 0 Å². The van der Waals surface area contributed by atoms with E-state index in [1.807, 2.05) is 6.92 Å². The third-order valence-corrected chi connectivity index (χ3v) is 2.38. The zero-order valence-electron chi connectivity index (χ0n) is 9.59. The van der Waals surface area contributed by atoms with Crippen molar-refractivity contribution in [3.05, 3.63) is 29.3 Å². The molecule has 0 spiro atoms. The van der Waals surface area contributed by atoms with Gasteiger partial charge in [0, 0.05) is 6.04 Å². The van der Waals surface area contributed by atoms with E-state index in [-0.39, 0.29) is 11.8 Å². The second kappa shape index (κ2) is 5.80. The minimum atomic E-state index is -0.935. The van der Waals surface area contributed by atoms with Crippen molar-refractivity contribution in [3.63, 3.8) is 0 Å². The Kier molecular flexibility index (Phi) is 4.68. The number of rotatable bonds is 5. The van der Waals surface area contributed by atoms with E-state index in [4.69, 9.17) is 10.5 Å². The van der Waals surface area contributed by atoms with Gasteiger partial charge in [-0.2, -0.15) is 4.39 Å². The molecule has 2 nitrogen and oxygen atoms in total. The normalized spacial score (nSPS) is 12.6. The van der Waals surface area contributed by atoms with Gasteiger partial charge in [-0.1, -0.05) is 6.92 Å². The molecule has 0 radical (unpaired) electrons. The summed E-state index contributed by atoms with van der Waals surface area (Å²) < 4.78 is 31.5. The molecule has 0 bridgehead atoms. The maximum atomic E-state index is 13.3. The highest BCUT2D eigenvalue weighted by molar-refractivity contribution is 5.32. The molecule has 2 N–H and O–H groups in total. The van der Waals surface area contributed by atoms with Gasteiger partial charge in [0.25, 0.3) is 0 Å². The molecule has 1 aromatic rings. The second-order valence-electron chi connectivity index (χ2n) is 3.70. The van der Waals surface area contributed by atoms with Crippen molar-refractivity contribution in [1.82, 2.24) is 0 Å². The molecule has 1 unspecified atom stereocenters. The second-order valence-corrected chi connectivity index (χ2v) is 3.70. The zero-order valence-corrected chi connectivity index (χ0v) is 9.59. The van der Waals surface area contributed by atoms with Gasteiger partial charge in [-0.25, -0.2) is 4.39 Å². The van der Waals surface area contributed by atoms with Gasteiger partial charge in [-0.05, 0) is 37.5 Å². The summed E-state index contributed by atoms with van der Waals surface area (Å²) in [6.45, 7) is 3.98. The SMILES string of the molecule is CCOc1cc(CC(N)CC)cc(F)c1F. The van der Waals surface area contributed by atoms with E-state index >= 15 is 0 Å². The molecule has 0 saturated heterocycles. The van der Waals surface area contributed by atoms with E-state index in [9.17, 15) is 8.78 Å². The highest BCUT2D eigenvalue weighted by Crippen LogP contribution is 2.23. The standard InChI is InChI=1S/C12H17F2NO/c1-3-9(15)5-8-6-10(13)12(14)11(7-8)16-4-2/h6-7,9H,3-5,15H2,1-2H3. The summed E-state index contributed by atoms with van der Waals surface area (Å²) in [5.74, 6) is -1.86. The fraction of sp³-hybridized carbons (Fsp3) is 0.500. The number of hydrogen-bond donors (Lipinski definition) is 1. The lowest BCUT2D eigenvalue weighted by atomic mass is 10.0. The zero-order chi connectivity index (χ0) is 12.1. The lowest BCUT2D eigenvalue weighted by Gasteiger charge is -2.11. The smallest absolute Gasteiger partial charge is 0.200 e. The molecule has 0 heterocycles. The number of hydrogen-bond acceptors (Lipinski definition) is 2. The third kappa shape index (κ3) is 3.17. The van der Waals surface area contributed by atoms with Gasteiger partial charge in [0.05, 0.1) is 6.61 Å². The Morgan fingerprint density at radius 2 is 2.00 bits per heavy atom. The number of ether oxygens (including phenoxy) is 1. The van der Waals surface area contributed by atoms with Crippen molar-refractivity contribution in [3.8, 4) is 5.75 Å². The van der Waals surface area contributed by atoms with Crippen LogP contribution in [0.15, 0.2) is 12.1 Å². The van der Waals surface area contributed by atoms with Crippen LogP contribution < -0.4 is 10.5 Å². The molecule has 0 aromatic heterocycles. The molecule has 0 amide bonds. The molecule has 16 heavy (non-hydrogen) atoms. The van der Waals surface area contributed by atoms with Crippen LogP contribution in [-0.2, 0) is 6.42 Å². The predicted molar refractivity (Wildman–Crippen MR) is 59.5 cm³/mol. The molecular weight excluding hydrogens is 212 g/mol. The summed E-state index contributed by atoms with van der Waals surface area (Å²) in [6, 6.07) is 2.64. The molecule has 0 aliphatic carbocycles. The first-order valence-electron chi connectivity index (χ1n) is 5.44. The molecule has 1 rings (SSSR count). The van der Waals surface area contributed by atoms with Crippen molar-refractivity contribution < 1.29 is 13.5 Å². The van der Waals surface area contributed by atoms with E-state index < -0.39 is 11.6 Å². The highest BCUT2D eigenvalue weighted by atomic mass is 19.2. The first-order chi connectivity index (χ1) is 7.58. The molecule has 0 aliphatic rings. The monoisotopic (exact) mass is 229 g/mol. The average Bonchev–Trinajstić information content (AvgIpc) is 2.25. The molecule has 0 fully saturated rings. The summed E-state index contributed by atoms with van der Waals surface area (Å²) in [6.07, 6.45) is 1.32. The Morgan fingerprint density at radius 1 is 1.31 bits per heavy atom. The van der Waals surface area contributed by atoms with E-state index in [1.165, 1.54) is 12.1 Å². The van der Waals surface area contributed by atoms with E-state index in [0.717, 1.165) is 6.42 Å². The summed E-state index contributed by atoms with van der Waals surface area (Å²) in [4.78, 5) is 0. The molecule has 90 valence electrons. The Bertz CT molecular complexity index is 355. The minimum Gasteiger partial charge on any atom is -0.491 e. The van der Waals surface area contributed by atoms with Crippen LogP contribution in [0.1, 0.15) is 25.8 Å². The Morgan fingerprint density at radius 3 is 2.56 bits per heavy atom. The Labute approximate surface area is 94.4 Å². The lowest BCUT2D eigenvalue weighted by molar-refractivity contribution is 0.313. The average molecular weight is 229 g/mol. The first-order valence-corrected chi connectivity index (χ1v) is 5.44. The first kappa shape index (κ1) is 12.9. The summed E-state index contributed by atoms with van der Waals surface area (Å²) in [7, 11) is 0. The minimum absolute atomic E-state index is 0.0409.